The fraction of sp³-hybridized carbons (Fsp3) is 0.519. The van der Waals surface area contributed by atoms with Gasteiger partial charge in [-0.2, -0.15) is 0 Å². The Kier molecular flexibility index (Phi) is 33.8. The van der Waals surface area contributed by atoms with Gasteiger partial charge in [-0.05, 0) is 139 Å². The summed E-state index contributed by atoms with van der Waals surface area (Å²) in [5.74, 6) is 4.30. The topological polar surface area (TPSA) is 38.7 Å². The third-order valence-electron chi connectivity index (χ3n) is 10.7. The number of rotatable bonds is 17. The van der Waals surface area contributed by atoms with Crippen LogP contribution in [-0.4, -0.2) is 5.26 Å². The highest BCUT2D eigenvalue weighted by Crippen LogP contribution is 2.42. The first-order valence-corrected chi connectivity index (χ1v) is 23.0. The van der Waals surface area contributed by atoms with Crippen molar-refractivity contribution in [1.82, 2.24) is 0 Å². The second kappa shape index (κ2) is 34.5. The smallest absolute Gasteiger partial charge is 0.257 e. The zero-order valence-corrected chi connectivity index (χ0v) is 40.4. The van der Waals surface area contributed by atoms with Gasteiger partial charge in [0, 0.05) is 0 Å². The third-order valence-corrected chi connectivity index (χ3v) is 11.0. The van der Waals surface area contributed by atoms with Gasteiger partial charge in [-0.3, -0.25) is 0 Å². The second-order valence-corrected chi connectivity index (χ2v) is 15.6. The normalized spacial score (nSPS) is 15.2. The lowest BCUT2D eigenvalue weighted by molar-refractivity contribution is -0.121. The Morgan fingerprint density at radius 3 is 1.69 bits per heavy atom. The number of aryl methyl sites for hydroxylation is 2. The summed E-state index contributed by atoms with van der Waals surface area (Å²) >= 11 is 0.559. The Bertz CT molecular complexity index is 1490. The minimum absolute atomic E-state index is 0.428. The van der Waals surface area contributed by atoms with Crippen molar-refractivity contribution in [3.05, 3.63) is 150 Å². The van der Waals surface area contributed by atoms with Crippen LogP contribution in [0.2, 0.25) is 0 Å². The molecule has 6 atom stereocenters. The number of allylic oxidation sites excluding steroid dienone is 4. The molecule has 0 saturated carbocycles. The van der Waals surface area contributed by atoms with Crippen LogP contribution in [0, 0.1) is 31.6 Å². The highest BCUT2D eigenvalue weighted by atomic mass is 32.2. The molecule has 0 heterocycles. The van der Waals surface area contributed by atoms with Crippen molar-refractivity contribution in [3.63, 3.8) is 0 Å². The average Bonchev–Trinajstić information content (AvgIpc) is 3.26. The van der Waals surface area contributed by atoms with E-state index in [0.717, 1.165) is 19.3 Å². The molecule has 1 aliphatic rings. The van der Waals surface area contributed by atoms with E-state index < -0.39 is 0 Å². The Labute approximate surface area is 363 Å². The standard InChI is InChI=1S/C43H58O3S.C3H8.2C2H6.2C2H4/c1-9-34(36-15-11-30(5)12-16-36)27-40(28-35(10-2)37-17-13-31(6)14-18-37)39-21-24-42(32(7)25-39)33(8)26-43(29(3)4)38-19-22-41(23-20-38)45-47-46-44;1-3-2;4*1-2/h11-13,15-25,29,31,33-35,40,43-44H,9-10,14,26-28H2,1-8H3;3H2,1-2H3;2*1-2H3;2*1-2H2. The third kappa shape index (κ3) is 20.1. The molecular weight excluding hydrogens is 729 g/mol. The number of hydrogen-bond acceptors (Lipinski definition) is 4. The molecular formula is C54H86O3S. The maximum Gasteiger partial charge on any atom is 0.257 e. The van der Waals surface area contributed by atoms with Gasteiger partial charge in [-0.25, -0.2) is 5.26 Å². The van der Waals surface area contributed by atoms with Gasteiger partial charge in [-0.1, -0.05) is 168 Å². The molecule has 3 nitrogen and oxygen atoms in total. The quantitative estimate of drug-likeness (QED) is 0.0638. The summed E-state index contributed by atoms with van der Waals surface area (Å²) < 4.78 is 9.31. The van der Waals surface area contributed by atoms with Crippen molar-refractivity contribution >= 4 is 12.3 Å². The van der Waals surface area contributed by atoms with E-state index in [4.69, 9.17) is 9.44 Å². The van der Waals surface area contributed by atoms with E-state index in [0.29, 0.717) is 59.5 Å². The van der Waals surface area contributed by atoms with E-state index in [1.807, 2.05) is 39.8 Å². The molecule has 58 heavy (non-hydrogen) atoms. The molecule has 6 unspecified atom stereocenters. The van der Waals surface area contributed by atoms with Gasteiger partial charge < -0.3 is 4.18 Å². The van der Waals surface area contributed by atoms with Crippen LogP contribution in [0.3, 0.4) is 0 Å². The zero-order valence-electron chi connectivity index (χ0n) is 39.6. The van der Waals surface area contributed by atoms with Crippen LogP contribution in [0.5, 0.6) is 5.75 Å². The maximum atomic E-state index is 8.57. The zero-order chi connectivity index (χ0) is 44.6. The van der Waals surface area contributed by atoms with Crippen LogP contribution < -0.4 is 4.18 Å². The van der Waals surface area contributed by atoms with Crippen LogP contribution in [0.1, 0.15) is 185 Å². The van der Waals surface area contributed by atoms with Crippen molar-refractivity contribution in [2.24, 2.45) is 17.8 Å². The molecule has 4 rings (SSSR count). The Morgan fingerprint density at radius 1 is 0.707 bits per heavy atom. The van der Waals surface area contributed by atoms with Crippen LogP contribution >= 0.6 is 12.3 Å². The molecule has 0 bridgehead atoms. The van der Waals surface area contributed by atoms with Crippen molar-refractivity contribution in [1.29, 1.82) is 0 Å². The van der Waals surface area contributed by atoms with Crippen molar-refractivity contribution in [2.45, 2.75) is 166 Å². The Balaban J connectivity index is 0. The average molecular weight is 815 g/mol. The molecule has 1 N–H and O–H groups in total. The van der Waals surface area contributed by atoms with E-state index in [9.17, 15) is 0 Å². The summed E-state index contributed by atoms with van der Waals surface area (Å²) in [5.41, 5.74) is 10.0. The molecule has 3 aromatic carbocycles. The number of benzene rings is 3. The van der Waals surface area contributed by atoms with E-state index in [1.54, 1.807) is 5.57 Å². The molecule has 0 amide bonds. The summed E-state index contributed by atoms with van der Waals surface area (Å²) in [5, 5.41) is 8.57. The lowest BCUT2D eigenvalue weighted by Gasteiger charge is -2.30. The molecule has 0 aromatic heterocycles. The first kappa shape index (κ1) is 56.8. The van der Waals surface area contributed by atoms with Gasteiger partial charge in [0.25, 0.3) is 12.3 Å². The van der Waals surface area contributed by atoms with Crippen molar-refractivity contribution < 1.29 is 13.8 Å². The molecule has 4 heteroatoms. The van der Waals surface area contributed by atoms with Gasteiger partial charge in [0.1, 0.15) is 5.75 Å². The molecule has 0 spiro atoms. The number of hydrogen-bond donors (Lipinski definition) is 1. The SMILES string of the molecule is C=C.C=C.CC.CC.CCC.CCC(CC(CC(CC)c1ccc(C)cc1)c1ccc(C(C)CC(c2ccc(OSOO)cc2)C(C)C)c(C)c1)C1=CCC(C)C=C1. The Morgan fingerprint density at radius 2 is 1.22 bits per heavy atom. The minimum atomic E-state index is 0.428. The van der Waals surface area contributed by atoms with Crippen molar-refractivity contribution in [2.75, 3.05) is 0 Å². The van der Waals surface area contributed by atoms with E-state index >= 15 is 0 Å². The fourth-order valence-electron chi connectivity index (χ4n) is 7.65. The minimum Gasteiger partial charge on any atom is -0.399 e. The van der Waals surface area contributed by atoms with Crippen LogP contribution in [0.15, 0.2) is 117 Å². The lowest BCUT2D eigenvalue weighted by Crippen LogP contribution is -2.15. The van der Waals surface area contributed by atoms with Gasteiger partial charge in [-0.15, -0.1) is 30.6 Å². The summed E-state index contributed by atoms with van der Waals surface area (Å²) in [6.07, 6.45) is 15.5. The molecule has 0 saturated heterocycles. The first-order valence-electron chi connectivity index (χ1n) is 22.3. The van der Waals surface area contributed by atoms with E-state index in [1.165, 1.54) is 59.1 Å². The highest BCUT2D eigenvalue weighted by molar-refractivity contribution is 7.90. The van der Waals surface area contributed by atoms with Crippen LogP contribution in [0.25, 0.3) is 0 Å². The predicted octanol–water partition coefficient (Wildman–Crippen LogP) is 18.3. The van der Waals surface area contributed by atoms with E-state index in [-0.39, 0.29) is 0 Å². The molecule has 0 fully saturated rings. The molecule has 3 aromatic rings. The van der Waals surface area contributed by atoms with Gasteiger partial charge in [0.05, 0.1) is 0 Å². The molecule has 0 aliphatic heterocycles. The summed E-state index contributed by atoms with van der Waals surface area (Å²) in [6.45, 7) is 42.8. The molecule has 1 aliphatic carbocycles. The molecule has 326 valence electrons. The predicted molar refractivity (Wildman–Crippen MR) is 262 cm³/mol. The molecule has 0 radical (unpaired) electrons. The Hall–Kier alpha value is -3.31. The largest absolute Gasteiger partial charge is 0.399 e. The second-order valence-electron chi connectivity index (χ2n) is 15.2. The summed E-state index contributed by atoms with van der Waals surface area (Å²) in [6, 6.07) is 24.9. The monoisotopic (exact) mass is 815 g/mol. The van der Waals surface area contributed by atoms with Gasteiger partial charge in [0.2, 0.25) is 0 Å². The van der Waals surface area contributed by atoms with E-state index in [2.05, 4.69) is 173 Å². The highest BCUT2D eigenvalue weighted by Gasteiger charge is 2.26. The fourth-order valence-corrected chi connectivity index (χ4v) is 7.87. The van der Waals surface area contributed by atoms with Crippen LogP contribution in [0.4, 0.5) is 0 Å². The summed E-state index contributed by atoms with van der Waals surface area (Å²) in [4.78, 5) is 0. The summed E-state index contributed by atoms with van der Waals surface area (Å²) in [7, 11) is 0. The maximum absolute atomic E-state index is 8.57. The van der Waals surface area contributed by atoms with Gasteiger partial charge in [0.15, 0.2) is 0 Å². The first-order chi connectivity index (χ1) is 28.0. The van der Waals surface area contributed by atoms with Crippen LogP contribution in [-0.2, 0) is 4.33 Å². The lowest BCUT2D eigenvalue weighted by atomic mass is 9.75. The van der Waals surface area contributed by atoms with Crippen molar-refractivity contribution in [3.8, 4) is 5.75 Å². The van der Waals surface area contributed by atoms with Gasteiger partial charge >= 0.3 is 0 Å².